The first-order valence-electron chi connectivity index (χ1n) is 7.54. The molecule has 5 rings (SSSR count). The van der Waals surface area contributed by atoms with Gasteiger partial charge in [-0.1, -0.05) is 36.4 Å². The Morgan fingerprint density at radius 1 is 0.826 bits per heavy atom. The van der Waals surface area contributed by atoms with Crippen molar-refractivity contribution in [3.63, 3.8) is 0 Å². The highest BCUT2D eigenvalue weighted by atomic mass is 16.4. The van der Waals surface area contributed by atoms with Crippen molar-refractivity contribution >= 4 is 45.8 Å². The first-order chi connectivity index (χ1) is 11.2. The molecule has 0 amide bonds. The highest BCUT2D eigenvalue weighted by Crippen LogP contribution is 2.42. The number of anilines is 2. The molecule has 0 radical (unpaired) electrons. The molecule has 1 aliphatic rings. The van der Waals surface area contributed by atoms with Gasteiger partial charge in [0.1, 0.15) is 0 Å². The third kappa shape index (κ3) is 1.63. The van der Waals surface area contributed by atoms with Crippen LogP contribution in [-0.4, -0.2) is 21.7 Å². The maximum Gasteiger partial charge on any atom is 0.488 e. The van der Waals surface area contributed by atoms with Crippen molar-refractivity contribution < 1.29 is 10.0 Å². The van der Waals surface area contributed by atoms with Gasteiger partial charge in [-0.3, -0.25) is 0 Å². The lowest BCUT2D eigenvalue weighted by molar-refractivity contribution is 0.426. The molecule has 5 heteroatoms. The molecular weight excluding hydrogens is 287 g/mol. The third-order valence-electron chi connectivity index (χ3n) is 4.52. The standard InChI is InChI=1S/C18H13BN2O2/c22-19(23)11-8-9-17-15(10-11)20-14-6-3-5-13-12-4-1-2-7-16(12)21(17)18(13)14/h1-10,20,22-23H. The third-order valence-corrected chi connectivity index (χ3v) is 4.52. The molecule has 0 atom stereocenters. The van der Waals surface area contributed by atoms with Crippen LogP contribution in [0.4, 0.5) is 11.4 Å². The Bertz CT molecular complexity index is 1090. The van der Waals surface area contributed by atoms with Crippen molar-refractivity contribution in [2.24, 2.45) is 0 Å². The number of aromatic nitrogens is 1. The first kappa shape index (κ1) is 12.8. The fraction of sp³-hybridized carbons (Fsp3) is 0. The topological polar surface area (TPSA) is 57.4 Å². The lowest BCUT2D eigenvalue weighted by Gasteiger charge is -2.22. The van der Waals surface area contributed by atoms with Crippen LogP contribution in [0.5, 0.6) is 0 Å². The summed E-state index contributed by atoms with van der Waals surface area (Å²) < 4.78 is 2.24. The van der Waals surface area contributed by atoms with E-state index in [-0.39, 0.29) is 0 Å². The van der Waals surface area contributed by atoms with E-state index in [0.29, 0.717) is 5.46 Å². The van der Waals surface area contributed by atoms with Crippen LogP contribution in [0.1, 0.15) is 0 Å². The van der Waals surface area contributed by atoms with Gasteiger partial charge in [0.15, 0.2) is 0 Å². The molecule has 4 aromatic rings. The smallest absolute Gasteiger partial charge is 0.423 e. The van der Waals surface area contributed by atoms with Crippen molar-refractivity contribution in [1.29, 1.82) is 0 Å². The Kier molecular flexibility index (Phi) is 2.43. The molecule has 2 heterocycles. The predicted octanol–water partition coefficient (Wildman–Crippen LogP) is 2.52. The van der Waals surface area contributed by atoms with Gasteiger partial charge < -0.3 is 19.9 Å². The molecular formula is C18H13BN2O2. The number of para-hydroxylation sites is 2. The molecule has 1 aliphatic heterocycles. The number of rotatable bonds is 1. The molecule has 23 heavy (non-hydrogen) atoms. The van der Waals surface area contributed by atoms with Crippen LogP contribution in [0, 0.1) is 0 Å². The molecule has 1 aromatic heterocycles. The van der Waals surface area contributed by atoms with Gasteiger partial charge in [-0.05, 0) is 29.7 Å². The minimum absolute atomic E-state index is 0.475. The van der Waals surface area contributed by atoms with Gasteiger partial charge in [-0.15, -0.1) is 0 Å². The van der Waals surface area contributed by atoms with E-state index >= 15 is 0 Å². The monoisotopic (exact) mass is 300 g/mol. The zero-order chi connectivity index (χ0) is 15.6. The average molecular weight is 300 g/mol. The molecule has 3 N–H and O–H groups in total. The number of hydrogen-bond donors (Lipinski definition) is 3. The van der Waals surface area contributed by atoms with Crippen LogP contribution in [0.3, 0.4) is 0 Å². The molecule has 0 bridgehead atoms. The predicted molar refractivity (Wildman–Crippen MR) is 93.9 cm³/mol. The number of nitrogens with one attached hydrogen (secondary N) is 1. The van der Waals surface area contributed by atoms with Crippen molar-refractivity contribution in [3.8, 4) is 5.69 Å². The number of fused-ring (bicyclic) bond motifs is 5. The van der Waals surface area contributed by atoms with E-state index in [1.165, 1.54) is 10.8 Å². The number of benzene rings is 3. The lowest BCUT2D eigenvalue weighted by atomic mass is 9.80. The number of nitrogens with zero attached hydrogens (tertiary/aromatic N) is 1. The summed E-state index contributed by atoms with van der Waals surface area (Å²) in [6, 6.07) is 20.0. The average Bonchev–Trinajstić information content (AvgIpc) is 2.91. The van der Waals surface area contributed by atoms with Gasteiger partial charge in [-0.2, -0.15) is 0 Å². The minimum Gasteiger partial charge on any atom is -0.423 e. The molecule has 0 saturated carbocycles. The second-order valence-corrected chi connectivity index (χ2v) is 5.83. The fourth-order valence-electron chi connectivity index (χ4n) is 3.52. The van der Waals surface area contributed by atoms with E-state index in [4.69, 9.17) is 0 Å². The quantitative estimate of drug-likeness (QED) is 0.417. The first-order valence-corrected chi connectivity index (χ1v) is 7.54. The second-order valence-electron chi connectivity index (χ2n) is 5.83. The largest absolute Gasteiger partial charge is 0.488 e. The van der Waals surface area contributed by atoms with E-state index in [9.17, 15) is 10.0 Å². The van der Waals surface area contributed by atoms with Crippen molar-refractivity contribution in [1.82, 2.24) is 4.57 Å². The zero-order valence-electron chi connectivity index (χ0n) is 12.2. The zero-order valence-corrected chi connectivity index (χ0v) is 12.2. The van der Waals surface area contributed by atoms with E-state index in [2.05, 4.69) is 34.1 Å². The molecule has 0 fully saturated rings. The lowest BCUT2D eigenvalue weighted by Crippen LogP contribution is -2.30. The minimum atomic E-state index is -1.47. The highest BCUT2D eigenvalue weighted by Gasteiger charge is 2.23. The molecule has 0 saturated heterocycles. The summed E-state index contributed by atoms with van der Waals surface area (Å²) in [7, 11) is -1.47. The number of hydrogen-bond acceptors (Lipinski definition) is 3. The molecule has 0 unspecified atom stereocenters. The van der Waals surface area contributed by atoms with Gasteiger partial charge in [0.2, 0.25) is 0 Å². The van der Waals surface area contributed by atoms with Crippen LogP contribution < -0.4 is 10.8 Å². The summed E-state index contributed by atoms with van der Waals surface area (Å²) in [5, 5.41) is 24.7. The molecule has 0 spiro atoms. The Morgan fingerprint density at radius 3 is 2.52 bits per heavy atom. The molecule has 4 nitrogen and oxygen atoms in total. The van der Waals surface area contributed by atoms with Crippen LogP contribution in [0.25, 0.3) is 27.5 Å². The summed E-state index contributed by atoms with van der Waals surface area (Å²) >= 11 is 0. The van der Waals surface area contributed by atoms with E-state index in [1.807, 2.05) is 24.3 Å². The summed E-state index contributed by atoms with van der Waals surface area (Å²) in [5.74, 6) is 0. The van der Waals surface area contributed by atoms with Gasteiger partial charge in [0, 0.05) is 10.8 Å². The van der Waals surface area contributed by atoms with Crippen LogP contribution in [0.2, 0.25) is 0 Å². The highest BCUT2D eigenvalue weighted by molar-refractivity contribution is 6.58. The molecule has 0 aliphatic carbocycles. The van der Waals surface area contributed by atoms with Gasteiger partial charge >= 0.3 is 7.12 Å². The van der Waals surface area contributed by atoms with Crippen LogP contribution in [0.15, 0.2) is 60.7 Å². The van der Waals surface area contributed by atoms with E-state index in [0.717, 1.165) is 28.1 Å². The van der Waals surface area contributed by atoms with Crippen LogP contribution in [-0.2, 0) is 0 Å². The Labute approximate surface area is 132 Å². The Hall–Kier alpha value is -2.76. The SMILES string of the molecule is OB(O)c1ccc2c(c1)Nc1cccc3c4ccccc4n-2c13. The Morgan fingerprint density at radius 2 is 1.65 bits per heavy atom. The summed E-state index contributed by atoms with van der Waals surface area (Å²) in [5.41, 5.74) is 5.68. The second kappa shape index (κ2) is 4.38. The summed E-state index contributed by atoms with van der Waals surface area (Å²) in [6.45, 7) is 0. The van der Waals surface area contributed by atoms with Crippen molar-refractivity contribution in [2.45, 2.75) is 0 Å². The van der Waals surface area contributed by atoms with E-state index in [1.54, 1.807) is 12.1 Å². The van der Waals surface area contributed by atoms with Crippen molar-refractivity contribution in [2.75, 3.05) is 5.32 Å². The molecule has 110 valence electrons. The molecule has 3 aromatic carbocycles. The maximum atomic E-state index is 9.43. The Balaban J connectivity index is 1.95. The summed E-state index contributed by atoms with van der Waals surface area (Å²) in [6.07, 6.45) is 0. The summed E-state index contributed by atoms with van der Waals surface area (Å²) in [4.78, 5) is 0. The van der Waals surface area contributed by atoms with Gasteiger partial charge in [0.25, 0.3) is 0 Å². The van der Waals surface area contributed by atoms with Crippen LogP contribution >= 0.6 is 0 Å². The normalized spacial score (nSPS) is 12.3. The fourth-order valence-corrected chi connectivity index (χ4v) is 3.52. The van der Waals surface area contributed by atoms with E-state index < -0.39 is 7.12 Å². The van der Waals surface area contributed by atoms with Crippen molar-refractivity contribution in [3.05, 3.63) is 60.7 Å². The maximum absolute atomic E-state index is 9.43. The van der Waals surface area contributed by atoms with Gasteiger partial charge in [0.05, 0.1) is 28.1 Å². The van der Waals surface area contributed by atoms with Gasteiger partial charge in [-0.25, -0.2) is 0 Å².